The molecule has 5 fully saturated rings. The molecule has 5 aliphatic rings. The molecule has 0 spiro atoms. The van der Waals surface area contributed by atoms with Gasteiger partial charge in [0.2, 0.25) is 0 Å². The lowest BCUT2D eigenvalue weighted by Gasteiger charge is -2.59. The SMILES string of the molecule is CCC1CCC(C)N1CC(N)C12CC3CC(CC(C3)C1)C2. The Bertz CT molecular complexity index is 356. The molecule has 2 heteroatoms. The van der Waals surface area contributed by atoms with Gasteiger partial charge in [-0.1, -0.05) is 6.92 Å². The summed E-state index contributed by atoms with van der Waals surface area (Å²) in [6, 6.07) is 2.00. The summed E-state index contributed by atoms with van der Waals surface area (Å²) in [4.78, 5) is 2.77. The van der Waals surface area contributed by atoms with Gasteiger partial charge in [-0.2, -0.15) is 0 Å². The van der Waals surface area contributed by atoms with Gasteiger partial charge in [0.25, 0.3) is 0 Å². The summed E-state index contributed by atoms with van der Waals surface area (Å²) in [5, 5.41) is 0. The molecule has 120 valence electrons. The van der Waals surface area contributed by atoms with E-state index in [-0.39, 0.29) is 0 Å². The van der Waals surface area contributed by atoms with Gasteiger partial charge in [-0.15, -0.1) is 0 Å². The maximum Gasteiger partial charge on any atom is 0.0225 e. The molecule has 3 unspecified atom stereocenters. The van der Waals surface area contributed by atoms with Crippen LogP contribution in [0.25, 0.3) is 0 Å². The first-order valence-electron chi connectivity index (χ1n) is 9.61. The summed E-state index contributed by atoms with van der Waals surface area (Å²) in [5.74, 6) is 3.08. The maximum atomic E-state index is 6.89. The second-order valence-electron chi connectivity index (χ2n) is 9.07. The van der Waals surface area contributed by atoms with Crippen LogP contribution in [0.5, 0.6) is 0 Å². The van der Waals surface area contributed by atoms with Gasteiger partial charge in [0, 0.05) is 24.7 Å². The molecule has 3 atom stereocenters. The monoisotopic (exact) mass is 290 g/mol. The summed E-state index contributed by atoms with van der Waals surface area (Å²) >= 11 is 0. The molecule has 21 heavy (non-hydrogen) atoms. The van der Waals surface area contributed by atoms with Crippen LogP contribution in [0.2, 0.25) is 0 Å². The summed E-state index contributed by atoms with van der Waals surface area (Å²) in [7, 11) is 0. The largest absolute Gasteiger partial charge is 0.326 e. The van der Waals surface area contributed by atoms with E-state index >= 15 is 0 Å². The highest BCUT2D eigenvalue weighted by atomic mass is 15.2. The molecule has 1 heterocycles. The lowest BCUT2D eigenvalue weighted by atomic mass is 9.48. The van der Waals surface area contributed by atoms with Crippen molar-refractivity contribution >= 4 is 0 Å². The van der Waals surface area contributed by atoms with Crippen molar-refractivity contribution in [3.05, 3.63) is 0 Å². The Morgan fingerprint density at radius 3 is 2.14 bits per heavy atom. The number of likely N-dealkylation sites (tertiary alicyclic amines) is 1. The van der Waals surface area contributed by atoms with Crippen molar-refractivity contribution in [1.29, 1.82) is 0 Å². The van der Waals surface area contributed by atoms with Gasteiger partial charge < -0.3 is 5.73 Å². The lowest BCUT2D eigenvalue weighted by molar-refractivity contribution is -0.0732. The zero-order valence-electron chi connectivity index (χ0n) is 14.1. The molecule has 1 saturated heterocycles. The third-order valence-electron chi connectivity index (χ3n) is 7.70. The molecule has 0 radical (unpaired) electrons. The van der Waals surface area contributed by atoms with Crippen molar-refractivity contribution in [2.45, 2.75) is 89.8 Å². The quantitative estimate of drug-likeness (QED) is 0.853. The Morgan fingerprint density at radius 1 is 1.05 bits per heavy atom. The van der Waals surface area contributed by atoms with E-state index in [9.17, 15) is 0 Å². The predicted molar refractivity (Wildman–Crippen MR) is 88.1 cm³/mol. The normalized spacial score (nSPS) is 50.7. The topological polar surface area (TPSA) is 29.3 Å². The zero-order chi connectivity index (χ0) is 14.6. The Labute approximate surface area is 130 Å². The van der Waals surface area contributed by atoms with Crippen molar-refractivity contribution in [3.8, 4) is 0 Å². The number of nitrogens with zero attached hydrogens (tertiary/aromatic N) is 1. The van der Waals surface area contributed by atoms with Crippen LogP contribution in [-0.2, 0) is 0 Å². The third kappa shape index (κ3) is 2.37. The average Bonchev–Trinajstić information content (AvgIpc) is 2.78. The summed E-state index contributed by atoms with van der Waals surface area (Å²) in [6.45, 7) is 5.94. The van der Waals surface area contributed by atoms with E-state index < -0.39 is 0 Å². The van der Waals surface area contributed by atoms with Crippen LogP contribution in [0.1, 0.15) is 71.6 Å². The van der Waals surface area contributed by atoms with Gasteiger partial charge in [-0.05, 0) is 87.9 Å². The third-order valence-corrected chi connectivity index (χ3v) is 7.70. The minimum Gasteiger partial charge on any atom is -0.326 e. The Hall–Kier alpha value is -0.0800. The van der Waals surface area contributed by atoms with Crippen molar-refractivity contribution in [1.82, 2.24) is 4.90 Å². The van der Waals surface area contributed by atoms with E-state index in [0.717, 1.165) is 29.8 Å². The number of rotatable bonds is 4. The maximum absolute atomic E-state index is 6.89. The molecule has 2 N–H and O–H groups in total. The Balaban J connectivity index is 1.48. The van der Waals surface area contributed by atoms with Crippen LogP contribution in [0, 0.1) is 23.2 Å². The second-order valence-corrected chi connectivity index (χ2v) is 9.07. The molecular formula is C19H34N2. The van der Waals surface area contributed by atoms with Crippen molar-refractivity contribution in [3.63, 3.8) is 0 Å². The van der Waals surface area contributed by atoms with Gasteiger partial charge in [-0.3, -0.25) is 4.90 Å². The predicted octanol–water partition coefficient (Wildman–Crippen LogP) is 3.79. The van der Waals surface area contributed by atoms with Gasteiger partial charge >= 0.3 is 0 Å². The minimum absolute atomic E-state index is 0.431. The molecule has 4 aliphatic carbocycles. The van der Waals surface area contributed by atoms with Crippen LogP contribution in [0.15, 0.2) is 0 Å². The van der Waals surface area contributed by atoms with Gasteiger partial charge in [0.15, 0.2) is 0 Å². The van der Waals surface area contributed by atoms with Gasteiger partial charge in [0.05, 0.1) is 0 Å². The number of hydrogen-bond acceptors (Lipinski definition) is 2. The van der Waals surface area contributed by atoms with Crippen LogP contribution < -0.4 is 5.73 Å². The van der Waals surface area contributed by atoms with E-state index in [1.807, 2.05) is 0 Å². The van der Waals surface area contributed by atoms with Crippen LogP contribution >= 0.6 is 0 Å². The highest BCUT2D eigenvalue weighted by Gasteiger charge is 2.53. The molecule has 0 aromatic heterocycles. The highest BCUT2D eigenvalue weighted by Crippen LogP contribution is 2.61. The highest BCUT2D eigenvalue weighted by molar-refractivity contribution is 5.06. The average molecular weight is 290 g/mol. The van der Waals surface area contributed by atoms with E-state index in [2.05, 4.69) is 18.7 Å². The van der Waals surface area contributed by atoms with E-state index in [0.29, 0.717) is 11.5 Å². The van der Waals surface area contributed by atoms with E-state index in [4.69, 9.17) is 5.73 Å². The van der Waals surface area contributed by atoms with Gasteiger partial charge in [0.1, 0.15) is 0 Å². The lowest BCUT2D eigenvalue weighted by Crippen LogP contribution is -2.58. The van der Waals surface area contributed by atoms with Crippen LogP contribution in [0.3, 0.4) is 0 Å². The number of nitrogens with two attached hydrogens (primary N) is 1. The summed E-state index contributed by atoms with van der Waals surface area (Å²) < 4.78 is 0. The molecule has 4 saturated carbocycles. The first-order chi connectivity index (χ1) is 10.1. The molecule has 4 bridgehead atoms. The van der Waals surface area contributed by atoms with Crippen LogP contribution in [0.4, 0.5) is 0 Å². The molecular weight excluding hydrogens is 256 g/mol. The fraction of sp³-hybridized carbons (Fsp3) is 1.00. The second kappa shape index (κ2) is 5.23. The van der Waals surface area contributed by atoms with Gasteiger partial charge in [-0.25, -0.2) is 0 Å². The zero-order valence-corrected chi connectivity index (χ0v) is 14.1. The molecule has 2 nitrogen and oxygen atoms in total. The van der Waals surface area contributed by atoms with Crippen molar-refractivity contribution < 1.29 is 0 Å². The Kier molecular flexibility index (Phi) is 3.61. The number of hydrogen-bond donors (Lipinski definition) is 1. The van der Waals surface area contributed by atoms with Crippen LogP contribution in [-0.4, -0.2) is 29.6 Å². The Morgan fingerprint density at radius 2 is 1.62 bits per heavy atom. The van der Waals surface area contributed by atoms with E-state index in [1.54, 1.807) is 0 Å². The van der Waals surface area contributed by atoms with Crippen molar-refractivity contribution in [2.24, 2.45) is 28.9 Å². The fourth-order valence-electron chi connectivity index (χ4n) is 6.95. The van der Waals surface area contributed by atoms with Crippen molar-refractivity contribution in [2.75, 3.05) is 6.54 Å². The summed E-state index contributed by atoms with van der Waals surface area (Å²) in [6.07, 6.45) is 13.0. The van der Waals surface area contributed by atoms with E-state index in [1.165, 1.54) is 64.3 Å². The first kappa shape index (κ1) is 14.5. The smallest absolute Gasteiger partial charge is 0.0225 e. The molecule has 5 rings (SSSR count). The first-order valence-corrected chi connectivity index (χ1v) is 9.61. The minimum atomic E-state index is 0.431. The molecule has 0 aromatic carbocycles. The molecule has 0 aromatic rings. The standard InChI is InChI=1S/C19H34N2/c1-3-17-5-4-13(2)21(17)12-18(20)19-9-14-6-15(10-19)8-16(7-14)11-19/h13-18H,3-12,20H2,1-2H3. The fourth-order valence-corrected chi connectivity index (χ4v) is 6.95. The molecule has 1 aliphatic heterocycles. The molecule has 0 amide bonds. The summed E-state index contributed by atoms with van der Waals surface area (Å²) in [5.41, 5.74) is 7.41.